The third-order valence-corrected chi connectivity index (χ3v) is 3.34. The minimum atomic E-state index is -0.286. The van der Waals surface area contributed by atoms with E-state index in [0.717, 1.165) is 16.5 Å². The Kier molecular flexibility index (Phi) is 2.30. The van der Waals surface area contributed by atoms with Crippen molar-refractivity contribution < 1.29 is 4.79 Å². The van der Waals surface area contributed by atoms with Crippen molar-refractivity contribution in [3.63, 3.8) is 0 Å². The smallest absolute Gasteiger partial charge is 0.211 e. The zero-order valence-electron chi connectivity index (χ0n) is 7.83. The SMILES string of the molecule is CC1CC1(N=C=O)c1cccc(Br)c1. The van der Waals surface area contributed by atoms with Crippen LogP contribution in [-0.2, 0) is 10.3 Å². The van der Waals surface area contributed by atoms with Crippen LogP contribution < -0.4 is 0 Å². The van der Waals surface area contributed by atoms with Gasteiger partial charge in [-0.25, -0.2) is 4.79 Å². The molecule has 0 bridgehead atoms. The largest absolute Gasteiger partial charge is 0.235 e. The molecule has 0 aliphatic heterocycles. The minimum absolute atomic E-state index is 0.286. The van der Waals surface area contributed by atoms with E-state index in [1.54, 1.807) is 6.08 Å². The van der Waals surface area contributed by atoms with Crippen molar-refractivity contribution in [3.8, 4) is 0 Å². The van der Waals surface area contributed by atoms with Gasteiger partial charge in [0.25, 0.3) is 0 Å². The Labute approximate surface area is 91.2 Å². The highest BCUT2D eigenvalue weighted by atomic mass is 79.9. The molecule has 1 aromatic carbocycles. The molecule has 0 aromatic heterocycles. The van der Waals surface area contributed by atoms with Crippen LogP contribution in [0.4, 0.5) is 0 Å². The molecule has 0 saturated heterocycles. The highest BCUT2D eigenvalue weighted by Gasteiger charge is 2.53. The van der Waals surface area contributed by atoms with E-state index in [1.165, 1.54) is 0 Å². The van der Waals surface area contributed by atoms with Crippen LogP contribution in [0.2, 0.25) is 0 Å². The summed E-state index contributed by atoms with van der Waals surface area (Å²) in [6, 6.07) is 7.96. The number of rotatable bonds is 2. The molecule has 0 spiro atoms. The first-order valence-corrected chi connectivity index (χ1v) is 5.33. The molecule has 3 heteroatoms. The number of hydrogen-bond acceptors (Lipinski definition) is 2. The predicted molar refractivity (Wildman–Crippen MR) is 57.7 cm³/mol. The molecular formula is C11H10BrNO. The molecule has 2 rings (SSSR count). The number of halogens is 1. The van der Waals surface area contributed by atoms with Gasteiger partial charge in [-0.2, -0.15) is 4.99 Å². The second-order valence-corrected chi connectivity index (χ2v) is 4.66. The van der Waals surface area contributed by atoms with Crippen molar-refractivity contribution in [3.05, 3.63) is 34.3 Å². The van der Waals surface area contributed by atoms with Crippen LogP contribution in [0.15, 0.2) is 33.7 Å². The van der Waals surface area contributed by atoms with Gasteiger partial charge in [0.05, 0.1) is 0 Å². The van der Waals surface area contributed by atoms with E-state index in [9.17, 15) is 4.79 Å². The lowest BCUT2D eigenvalue weighted by Crippen LogP contribution is -2.05. The number of aliphatic imine (C=N–C) groups is 1. The maximum absolute atomic E-state index is 10.4. The fourth-order valence-electron chi connectivity index (χ4n) is 1.87. The molecule has 1 aromatic rings. The Morgan fingerprint density at radius 3 is 2.86 bits per heavy atom. The van der Waals surface area contributed by atoms with Crippen LogP contribution in [-0.4, -0.2) is 6.08 Å². The molecule has 14 heavy (non-hydrogen) atoms. The van der Waals surface area contributed by atoms with Gasteiger partial charge in [0.15, 0.2) is 0 Å². The van der Waals surface area contributed by atoms with Crippen LogP contribution in [0.1, 0.15) is 18.9 Å². The average Bonchev–Trinajstić information content (AvgIpc) is 2.79. The first kappa shape index (κ1) is 9.63. The molecule has 2 unspecified atom stereocenters. The van der Waals surface area contributed by atoms with Gasteiger partial charge in [-0.3, -0.25) is 0 Å². The standard InChI is InChI=1S/C11H10BrNO/c1-8-6-11(8,13-7-14)9-3-2-4-10(12)5-9/h2-5,8H,6H2,1H3. The average molecular weight is 252 g/mol. The van der Waals surface area contributed by atoms with Gasteiger partial charge in [-0.15, -0.1) is 0 Å². The quantitative estimate of drug-likeness (QED) is 0.587. The van der Waals surface area contributed by atoms with Gasteiger partial charge in [0.1, 0.15) is 5.54 Å². The van der Waals surface area contributed by atoms with E-state index < -0.39 is 0 Å². The topological polar surface area (TPSA) is 29.4 Å². The Morgan fingerprint density at radius 1 is 1.64 bits per heavy atom. The Hall–Kier alpha value is -0.920. The van der Waals surface area contributed by atoms with E-state index >= 15 is 0 Å². The highest BCUT2D eigenvalue weighted by Crippen LogP contribution is 2.55. The zero-order chi connectivity index (χ0) is 10.2. The molecule has 72 valence electrons. The monoisotopic (exact) mass is 251 g/mol. The lowest BCUT2D eigenvalue weighted by molar-refractivity contribution is 0.552. The van der Waals surface area contributed by atoms with E-state index in [0.29, 0.717) is 5.92 Å². The van der Waals surface area contributed by atoms with Crippen molar-refractivity contribution in [2.24, 2.45) is 10.9 Å². The summed E-state index contributed by atoms with van der Waals surface area (Å²) in [4.78, 5) is 14.3. The molecule has 1 fully saturated rings. The summed E-state index contributed by atoms with van der Waals surface area (Å²) in [5.74, 6) is 0.443. The Balaban J connectivity index is 2.43. The molecule has 1 aliphatic carbocycles. The number of carbonyl (C=O) groups excluding carboxylic acids is 1. The summed E-state index contributed by atoms with van der Waals surface area (Å²) in [6.45, 7) is 2.10. The third kappa shape index (κ3) is 1.43. The molecule has 1 aliphatic rings. The van der Waals surface area contributed by atoms with Crippen molar-refractivity contribution in [2.75, 3.05) is 0 Å². The molecule has 1 saturated carbocycles. The summed E-state index contributed by atoms with van der Waals surface area (Å²) in [7, 11) is 0. The molecular weight excluding hydrogens is 242 g/mol. The Morgan fingerprint density at radius 2 is 2.36 bits per heavy atom. The maximum Gasteiger partial charge on any atom is 0.235 e. The van der Waals surface area contributed by atoms with Gasteiger partial charge in [-0.05, 0) is 30.0 Å². The molecule has 2 nitrogen and oxygen atoms in total. The number of hydrogen-bond donors (Lipinski definition) is 0. The predicted octanol–water partition coefficient (Wildman–Crippen LogP) is 3.02. The van der Waals surface area contributed by atoms with E-state index in [-0.39, 0.29) is 5.54 Å². The third-order valence-electron chi connectivity index (χ3n) is 2.84. The van der Waals surface area contributed by atoms with E-state index in [4.69, 9.17) is 0 Å². The van der Waals surface area contributed by atoms with E-state index in [2.05, 4.69) is 27.8 Å². The summed E-state index contributed by atoms with van der Waals surface area (Å²) in [5.41, 5.74) is 0.814. The minimum Gasteiger partial charge on any atom is -0.211 e. The zero-order valence-corrected chi connectivity index (χ0v) is 9.41. The highest BCUT2D eigenvalue weighted by molar-refractivity contribution is 9.10. The summed E-state index contributed by atoms with van der Waals surface area (Å²) in [5, 5.41) is 0. The lowest BCUT2D eigenvalue weighted by atomic mass is 10.0. The van der Waals surface area contributed by atoms with Gasteiger partial charge in [-0.1, -0.05) is 35.0 Å². The van der Waals surface area contributed by atoms with Crippen molar-refractivity contribution in [1.29, 1.82) is 0 Å². The molecule has 0 N–H and O–H groups in total. The summed E-state index contributed by atoms with van der Waals surface area (Å²) in [6.07, 6.45) is 2.62. The van der Waals surface area contributed by atoms with Crippen LogP contribution in [0, 0.1) is 5.92 Å². The molecule has 0 radical (unpaired) electrons. The van der Waals surface area contributed by atoms with Crippen LogP contribution in [0.25, 0.3) is 0 Å². The fraction of sp³-hybridized carbons (Fsp3) is 0.364. The van der Waals surface area contributed by atoms with Crippen LogP contribution in [0.3, 0.4) is 0 Å². The number of isocyanates is 1. The van der Waals surface area contributed by atoms with Crippen LogP contribution in [0.5, 0.6) is 0 Å². The summed E-state index contributed by atoms with van der Waals surface area (Å²) >= 11 is 3.41. The van der Waals surface area contributed by atoms with Crippen molar-refractivity contribution >= 4 is 22.0 Å². The maximum atomic E-state index is 10.4. The first-order chi connectivity index (χ1) is 6.69. The molecule has 0 amide bonds. The summed E-state index contributed by atoms with van der Waals surface area (Å²) < 4.78 is 1.02. The molecule has 0 heterocycles. The van der Waals surface area contributed by atoms with E-state index in [1.807, 2.05) is 24.3 Å². The van der Waals surface area contributed by atoms with Gasteiger partial charge < -0.3 is 0 Å². The van der Waals surface area contributed by atoms with Gasteiger partial charge >= 0.3 is 0 Å². The first-order valence-electron chi connectivity index (χ1n) is 4.54. The van der Waals surface area contributed by atoms with Crippen molar-refractivity contribution in [1.82, 2.24) is 0 Å². The van der Waals surface area contributed by atoms with Crippen LogP contribution >= 0.6 is 15.9 Å². The number of nitrogens with zero attached hydrogens (tertiary/aromatic N) is 1. The van der Waals surface area contributed by atoms with Crippen molar-refractivity contribution in [2.45, 2.75) is 18.9 Å². The molecule has 2 atom stereocenters. The normalized spacial score (nSPS) is 29.4. The van der Waals surface area contributed by atoms with Gasteiger partial charge in [0.2, 0.25) is 6.08 Å². The Bertz CT molecular complexity index is 412. The second-order valence-electron chi connectivity index (χ2n) is 3.74. The number of benzene rings is 1. The fourth-order valence-corrected chi connectivity index (χ4v) is 2.27. The lowest BCUT2D eigenvalue weighted by Gasteiger charge is -2.09. The second kappa shape index (κ2) is 3.34. The van der Waals surface area contributed by atoms with Gasteiger partial charge in [0, 0.05) is 4.47 Å².